The average molecular weight is 447 g/mol. The molecule has 0 bridgehead atoms. The molecule has 1 aromatic rings. The van der Waals surface area contributed by atoms with Crippen LogP contribution in [0.2, 0.25) is 0 Å². The molecule has 0 aromatic heterocycles. The first-order chi connectivity index (χ1) is 15.7. The topological polar surface area (TPSA) is 83.1 Å². The average Bonchev–Trinajstić information content (AvgIpc) is 2.80. The number of rotatable bonds is 6. The van der Waals surface area contributed by atoms with Crippen molar-refractivity contribution in [2.45, 2.75) is 38.6 Å². The number of carbonyl (C=O) groups is 2. The van der Waals surface area contributed by atoms with Crippen molar-refractivity contribution in [3.63, 3.8) is 0 Å². The van der Waals surface area contributed by atoms with Gasteiger partial charge in [0, 0.05) is 57.6 Å². The van der Waals surface area contributed by atoms with E-state index in [4.69, 9.17) is 9.47 Å². The minimum atomic E-state index is -0.0815. The Morgan fingerprint density at radius 3 is 2.69 bits per heavy atom. The second-order valence-corrected chi connectivity index (χ2v) is 8.48. The summed E-state index contributed by atoms with van der Waals surface area (Å²) in [6, 6.07) is 5.65. The minimum absolute atomic E-state index is 0.0477. The zero-order valence-electron chi connectivity index (χ0n) is 19.4. The molecule has 2 aliphatic rings. The van der Waals surface area contributed by atoms with E-state index >= 15 is 0 Å². The molecule has 0 spiro atoms. The molecular formula is C24H38N4O4. The molecule has 0 saturated carbocycles. The van der Waals surface area contributed by atoms with E-state index in [2.05, 4.69) is 15.5 Å². The van der Waals surface area contributed by atoms with Gasteiger partial charge in [-0.25, -0.2) is 0 Å². The second kappa shape index (κ2) is 13.5. The Kier molecular flexibility index (Phi) is 10.4. The molecule has 2 amide bonds. The lowest BCUT2D eigenvalue weighted by Crippen LogP contribution is -2.41. The highest BCUT2D eigenvalue weighted by atomic mass is 16.5. The van der Waals surface area contributed by atoms with Crippen LogP contribution in [0.15, 0.2) is 18.2 Å². The summed E-state index contributed by atoms with van der Waals surface area (Å²) < 4.78 is 10.5. The van der Waals surface area contributed by atoms with Gasteiger partial charge < -0.3 is 25.0 Å². The van der Waals surface area contributed by atoms with Crippen LogP contribution in [0.3, 0.4) is 0 Å². The third-order valence-electron chi connectivity index (χ3n) is 6.07. The molecule has 2 aliphatic heterocycles. The third-order valence-corrected chi connectivity index (χ3v) is 6.07. The highest BCUT2D eigenvalue weighted by molar-refractivity contribution is 5.98. The Morgan fingerprint density at radius 2 is 1.88 bits per heavy atom. The highest BCUT2D eigenvalue weighted by Gasteiger charge is 2.20. The van der Waals surface area contributed by atoms with Crippen LogP contribution in [0.1, 0.15) is 48.0 Å². The first-order valence-electron chi connectivity index (χ1n) is 11.9. The van der Waals surface area contributed by atoms with E-state index in [-0.39, 0.29) is 18.4 Å². The molecule has 178 valence electrons. The Balaban J connectivity index is 1.71. The SMILES string of the molecule is COCC(=O)N1CCCCCCCNCc2cc(C(=O)NCCN3CCOCC3)ccc21. The summed E-state index contributed by atoms with van der Waals surface area (Å²) in [5, 5.41) is 6.52. The molecule has 0 aliphatic carbocycles. The Hall–Kier alpha value is -2.00. The number of nitrogens with one attached hydrogen (secondary N) is 2. The summed E-state index contributed by atoms with van der Waals surface area (Å²) in [5.74, 6) is -0.129. The summed E-state index contributed by atoms with van der Waals surface area (Å²) in [6.07, 6.45) is 5.59. The van der Waals surface area contributed by atoms with E-state index in [1.54, 1.807) is 7.11 Å². The molecule has 32 heavy (non-hydrogen) atoms. The van der Waals surface area contributed by atoms with Gasteiger partial charge in [0.15, 0.2) is 0 Å². The van der Waals surface area contributed by atoms with E-state index in [1.807, 2.05) is 23.1 Å². The fourth-order valence-electron chi connectivity index (χ4n) is 4.24. The van der Waals surface area contributed by atoms with E-state index in [1.165, 1.54) is 12.8 Å². The van der Waals surface area contributed by atoms with Gasteiger partial charge in [-0.05, 0) is 43.1 Å². The summed E-state index contributed by atoms with van der Waals surface area (Å²) in [4.78, 5) is 29.7. The Bertz CT molecular complexity index is 737. The molecule has 3 rings (SSSR count). The third kappa shape index (κ3) is 7.55. The number of methoxy groups -OCH3 is 1. The maximum atomic E-state index is 12.8. The van der Waals surface area contributed by atoms with E-state index < -0.39 is 0 Å². The van der Waals surface area contributed by atoms with Crippen molar-refractivity contribution in [2.24, 2.45) is 0 Å². The number of amides is 2. The van der Waals surface area contributed by atoms with Gasteiger partial charge in [-0.15, -0.1) is 0 Å². The molecule has 0 radical (unpaired) electrons. The molecule has 8 heteroatoms. The van der Waals surface area contributed by atoms with Gasteiger partial charge in [-0.2, -0.15) is 0 Å². The molecule has 1 saturated heterocycles. The van der Waals surface area contributed by atoms with Crippen LogP contribution < -0.4 is 15.5 Å². The first kappa shape index (κ1) is 24.6. The smallest absolute Gasteiger partial charge is 0.252 e. The van der Waals surface area contributed by atoms with Crippen LogP contribution in [-0.2, 0) is 20.8 Å². The van der Waals surface area contributed by atoms with Crippen LogP contribution >= 0.6 is 0 Å². The zero-order valence-corrected chi connectivity index (χ0v) is 19.4. The lowest BCUT2D eigenvalue weighted by molar-refractivity contribution is -0.122. The number of ether oxygens (including phenoxy) is 2. The van der Waals surface area contributed by atoms with Gasteiger partial charge in [0.05, 0.1) is 13.2 Å². The lowest BCUT2D eigenvalue weighted by Gasteiger charge is -2.27. The monoisotopic (exact) mass is 446 g/mol. The maximum absolute atomic E-state index is 12.8. The van der Waals surface area contributed by atoms with Crippen molar-refractivity contribution >= 4 is 17.5 Å². The van der Waals surface area contributed by atoms with Gasteiger partial charge in [0.1, 0.15) is 6.61 Å². The summed E-state index contributed by atoms with van der Waals surface area (Å²) in [6.45, 7) is 7.03. The number of benzene rings is 1. The standard InChI is InChI=1S/C24H38N4O4/c1-31-19-23(29)28-11-6-4-2-3-5-9-25-18-21-17-20(7-8-22(21)28)24(30)26-10-12-27-13-15-32-16-14-27/h7-8,17,25H,2-6,9-16,18-19H2,1H3,(H,26,30). The van der Waals surface area contributed by atoms with Crippen LogP contribution in [0, 0.1) is 0 Å². The Morgan fingerprint density at radius 1 is 1.09 bits per heavy atom. The number of anilines is 1. The van der Waals surface area contributed by atoms with Gasteiger partial charge in [0.25, 0.3) is 11.8 Å². The Labute approximate surface area is 191 Å². The van der Waals surface area contributed by atoms with Gasteiger partial charge >= 0.3 is 0 Å². The van der Waals surface area contributed by atoms with Crippen molar-refractivity contribution in [2.75, 3.05) is 71.1 Å². The van der Waals surface area contributed by atoms with Gasteiger partial charge in [-0.1, -0.05) is 19.3 Å². The van der Waals surface area contributed by atoms with E-state index in [0.29, 0.717) is 25.2 Å². The molecule has 1 aromatic carbocycles. The fraction of sp³-hybridized carbons (Fsp3) is 0.667. The molecule has 8 nitrogen and oxygen atoms in total. The number of hydrogen-bond acceptors (Lipinski definition) is 6. The van der Waals surface area contributed by atoms with Crippen LogP contribution in [0.5, 0.6) is 0 Å². The largest absolute Gasteiger partial charge is 0.379 e. The fourth-order valence-corrected chi connectivity index (χ4v) is 4.24. The predicted octanol–water partition coefficient (Wildman–Crippen LogP) is 1.78. The van der Waals surface area contributed by atoms with Crippen LogP contribution in [-0.4, -0.2) is 82.9 Å². The van der Waals surface area contributed by atoms with Crippen molar-refractivity contribution in [1.82, 2.24) is 15.5 Å². The highest BCUT2D eigenvalue weighted by Crippen LogP contribution is 2.24. The van der Waals surface area contributed by atoms with Crippen molar-refractivity contribution < 1.29 is 19.1 Å². The first-order valence-corrected chi connectivity index (χ1v) is 11.9. The van der Waals surface area contributed by atoms with E-state index in [9.17, 15) is 9.59 Å². The van der Waals surface area contributed by atoms with Crippen molar-refractivity contribution in [3.8, 4) is 0 Å². The molecule has 1 fully saturated rings. The molecule has 0 unspecified atom stereocenters. The molecule has 2 N–H and O–H groups in total. The summed E-state index contributed by atoms with van der Waals surface area (Å²) in [7, 11) is 1.54. The number of hydrogen-bond donors (Lipinski definition) is 2. The maximum Gasteiger partial charge on any atom is 0.252 e. The lowest BCUT2D eigenvalue weighted by atomic mass is 10.0. The minimum Gasteiger partial charge on any atom is -0.379 e. The number of carbonyl (C=O) groups excluding carboxylic acids is 2. The van der Waals surface area contributed by atoms with Gasteiger partial charge in [-0.3, -0.25) is 14.5 Å². The molecule has 0 atom stereocenters. The molecular weight excluding hydrogens is 408 g/mol. The van der Waals surface area contributed by atoms with Gasteiger partial charge in [0.2, 0.25) is 0 Å². The predicted molar refractivity (Wildman–Crippen MR) is 125 cm³/mol. The van der Waals surface area contributed by atoms with Crippen LogP contribution in [0.25, 0.3) is 0 Å². The number of nitrogens with zero attached hydrogens (tertiary/aromatic N) is 2. The summed E-state index contributed by atoms with van der Waals surface area (Å²) >= 11 is 0. The van der Waals surface area contributed by atoms with E-state index in [0.717, 1.165) is 69.9 Å². The number of fused-ring (bicyclic) bond motifs is 1. The van der Waals surface area contributed by atoms with Crippen molar-refractivity contribution in [1.29, 1.82) is 0 Å². The summed E-state index contributed by atoms with van der Waals surface area (Å²) in [5.41, 5.74) is 2.46. The molecule has 2 heterocycles. The van der Waals surface area contributed by atoms with Crippen LogP contribution in [0.4, 0.5) is 5.69 Å². The van der Waals surface area contributed by atoms with Crippen molar-refractivity contribution in [3.05, 3.63) is 29.3 Å². The second-order valence-electron chi connectivity index (χ2n) is 8.48. The zero-order chi connectivity index (χ0) is 22.6. The quantitative estimate of drug-likeness (QED) is 0.693. The normalized spacial score (nSPS) is 18.8. The number of morpholine rings is 1.